The molecule has 0 aromatic carbocycles. The van der Waals surface area contributed by atoms with Crippen molar-refractivity contribution in [3.63, 3.8) is 0 Å². The van der Waals surface area contributed by atoms with Gasteiger partial charge in [-0.3, -0.25) is 9.59 Å². The lowest BCUT2D eigenvalue weighted by Gasteiger charge is -2.42. The van der Waals surface area contributed by atoms with Gasteiger partial charge >= 0.3 is 5.97 Å². The first-order valence-electron chi connectivity index (χ1n) is 6.59. The van der Waals surface area contributed by atoms with E-state index < -0.39 is 0 Å². The van der Waals surface area contributed by atoms with Crippen LogP contribution in [0.4, 0.5) is 0 Å². The van der Waals surface area contributed by atoms with Crippen LogP contribution in [0.5, 0.6) is 0 Å². The van der Waals surface area contributed by atoms with Gasteiger partial charge in [-0.25, -0.2) is 0 Å². The van der Waals surface area contributed by atoms with Crippen LogP contribution in [0.1, 0.15) is 33.6 Å². The molecule has 0 aromatic heterocycles. The highest BCUT2D eigenvalue weighted by molar-refractivity contribution is 6.05. The molecule has 1 unspecified atom stereocenters. The molecule has 1 heterocycles. The Morgan fingerprint density at radius 2 is 2.11 bits per heavy atom. The summed E-state index contributed by atoms with van der Waals surface area (Å²) in [6.07, 6.45) is 5.46. The Kier molecular flexibility index (Phi) is 2.31. The van der Waals surface area contributed by atoms with E-state index in [2.05, 4.69) is 6.92 Å². The lowest BCUT2D eigenvalue weighted by Crippen LogP contribution is -2.39. The lowest BCUT2D eigenvalue weighted by atomic mass is 9.62. The van der Waals surface area contributed by atoms with Gasteiger partial charge in [-0.05, 0) is 31.4 Å². The van der Waals surface area contributed by atoms with Crippen LogP contribution in [0.25, 0.3) is 0 Å². The molecule has 0 amide bonds. The van der Waals surface area contributed by atoms with E-state index in [9.17, 15) is 9.59 Å². The normalized spacial score (nSPS) is 42.7. The molecule has 1 saturated heterocycles. The van der Waals surface area contributed by atoms with Crippen LogP contribution in [-0.4, -0.2) is 17.9 Å². The number of ketones is 1. The summed E-state index contributed by atoms with van der Waals surface area (Å²) in [4.78, 5) is 23.6. The van der Waals surface area contributed by atoms with Crippen molar-refractivity contribution in [1.29, 1.82) is 0 Å². The third-order valence-electron chi connectivity index (χ3n) is 4.92. The number of carbonyl (C=O) groups is 2. The molecule has 18 heavy (non-hydrogen) atoms. The van der Waals surface area contributed by atoms with Crippen LogP contribution in [0.3, 0.4) is 0 Å². The van der Waals surface area contributed by atoms with Crippen LogP contribution in [0.15, 0.2) is 23.3 Å². The lowest BCUT2D eigenvalue weighted by molar-refractivity contribution is -0.143. The van der Waals surface area contributed by atoms with E-state index in [0.29, 0.717) is 0 Å². The molecular formula is C15H18O3. The van der Waals surface area contributed by atoms with Gasteiger partial charge in [-0.1, -0.05) is 19.9 Å². The standard InChI is InChI=1S/C15H18O3/c1-8-10-4-6-15(3)7-5-11(16)9(2)12(15)13(10)18-14(8)17/h5,7-8,10,13H,4,6H2,1-3H3/t8-,10?,13+,15+/m1/s1. The number of ether oxygens (including phenoxy) is 1. The first kappa shape index (κ1) is 11.7. The number of hydrogen-bond acceptors (Lipinski definition) is 3. The van der Waals surface area contributed by atoms with E-state index >= 15 is 0 Å². The van der Waals surface area contributed by atoms with Gasteiger partial charge in [-0.2, -0.15) is 0 Å². The molecular weight excluding hydrogens is 228 g/mol. The SMILES string of the molecule is CC1=C2[C@H]3OC(=O)[C@H](C)C3CC[C@@]2(C)C=CC1=O. The average molecular weight is 246 g/mol. The quantitative estimate of drug-likeness (QED) is 0.616. The minimum Gasteiger partial charge on any atom is -0.457 e. The molecule has 1 saturated carbocycles. The zero-order valence-electron chi connectivity index (χ0n) is 11.0. The zero-order valence-corrected chi connectivity index (χ0v) is 11.0. The Hall–Kier alpha value is -1.38. The van der Waals surface area contributed by atoms with E-state index in [1.54, 1.807) is 6.08 Å². The molecule has 0 aromatic rings. The predicted octanol–water partition coefficient (Wildman–Crippen LogP) is 2.42. The van der Waals surface area contributed by atoms with Gasteiger partial charge in [0.05, 0.1) is 5.92 Å². The van der Waals surface area contributed by atoms with Gasteiger partial charge in [0.2, 0.25) is 0 Å². The summed E-state index contributed by atoms with van der Waals surface area (Å²) in [7, 11) is 0. The molecule has 0 radical (unpaired) electrons. The van der Waals surface area contributed by atoms with Gasteiger partial charge in [0.25, 0.3) is 0 Å². The van der Waals surface area contributed by atoms with Crippen LogP contribution in [0.2, 0.25) is 0 Å². The number of fused-ring (bicyclic) bond motifs is 3. The molecule has 2 fully saturated rings. The number of allylic oxidation sites excluding steroid dienone is 3. The molecule has 3 aliphatic rings. The van der Waals surface area contributed by atoms with Crippen molar-refractivity contribution in [2.24, 2.45) is 17.3 Å². The second-order valence-electron chi connectivity index (χ2n) is 6.00. The fourth-order valence-corrected chi connectivity index (χ4v) is 3.69. The van der Waals surface area contributed by atoms with Crippen LogP contribution in [0, 0.1) is 17.3 Å². The van der Waals surface area contributed by atoms with Gasteiger partial charge in [-0.15, -0.1) is 0 Å². The predicted molar refractivity (Wildman–Crippen MR) is 66.7 cm³/mol. The van der Waals surface area contributed by atoms with Crippen molar-refractivity contribution in [3.05, 3.63) is 23.3 Å². The summed E-state index contributed by atoms with van der Waals surface area (Å²) in [6.45, 7) is 5.94. The number of esters is 1. The monoisotopic (exact) mass is 246 g/mol. The molecule has 1 aliphatic heterocycles. The topological polar surface area (TPSA) is 43.4 Å². The fourth-order valence-electron chi connectivity index (χ4n) is 3.69. The van der Waals surface area contributed by atoms with Crippen LogP contribution < -0.4 is 0 Å². The third-order valence-corrected chi connectivity index (χ3v) is 4.92. The summed E-state index contributed by atoms with van der Waals surface area (Å²) in [5, 5.41) is 0. The van der Waals surface area contributed by atoms with Crippen molar-refractivity contribution in [2.75, 3.05) is 0 Å². The highest BCUT2D eigenvalue weighted by atomic mass is 16.6. The molecule has 96 valence electrons. The molecule has 3 rings (SSSR count). The summed E-state index contributed by atoms with van der Waals surface area (Å²) < 4.78 is 5.55. The molecule has 4 atom stereocenters. The molecule has 2 aliphatic carbocycles. The Morgan fingerprint density at radius 1 is 1.39 bits per heavy atom. The summed E-state index contributed by atoms with van der Waals surface area (Å²) in [5.41, 5.74) is 1.71. The van der Waals surface area contributed by atoms with Crippen molar-refractivity contribution < 1.29 is 14.3 Å². The van der Waals surface area contributed by atoms with Crippen molar-refractivity contribution in [1.82, 2.24) is 0 Å². The number of hydrogen-bond donors (Lipinski definition) is 0. The highest BCUT2D eigenvalue weighted by Gasteiger charge is 2.52. The summed E-state index contributed by atoms with van der Waals surface area (Å²) >= 11 is 0. The van der Waals surface area contributed by atoms with Crippen LogP contribution in [-0.2, 0) is 14.3 Å². The maximum Gasteiger partial charge on any atom is 0.309 e. The minimum atomic E-state index is -0.180. The first-order valence-corrected chi connectivity index (χ1v) is 6.59. The van der Waals surface area contributed by atoms with E-state index in [-0.39, 0.29) is 35.1 Å². The number of carbonyl (C=O) groups excluding carboxylic acids is 2. The average Bonchev–Trinajstić information content (AvgIpc) is 2.60. The van der Waals surface area contributed by atoms with Crippen LogP contribution >= 0.6 is 0 Å². The molecule has 0 bridgehead atoms. The molecule has 3 heteroatoms. The largest absolute Gasteiger partial charge is 0.457 e. The molecule has 3 nitrogen and oxygen atoms in total. The molecule has 0 N–H and O–H groups in total. The van der Waals surface area contributed by atoms with E-state index in [4.69, 9.17) is 4.74 Å². The van der Waals surface area contributed by atoms with Gasteiger partial charge < -0.3 is 4.74 Å². The van der Waals surface area contributed by atoms with Crippen molar-refractivity contribution in [3.8, 4) is 0 Å². The maximum absolute atomic E-state index is 11.9. The minimum absolute atomic E-state index is 0.0409. The molecule has 0 spiro atoms. The van der Waals surface area contributed by atoms with Gasteiger partial charge in [0, 0.05) is 16.9 Å². The first-order chi connectivity index (χ1) is 8.44. The summed E-state index contributed by atoms with van der Waals surface area (Å²) in [6, 6.07) is 0. The van der Waals surface area contributed by atoms with Crippen molar-refractivity contribution in [2.45, 2.75) is 39.7 Å². The Labute approximate surface area is 107 Å². The second kappa shape index (κ2) is 3.56. The smallest absolute Gasteiger partial charge is 0.309 e. The Bertz CT molecular complexity index is 500. The van der Waals surface area contributed by atoms with E-state index in [0.717, 1.165) is 24.0 Å². The zero-order chi connectivity index (χ0) is 13.1. The fraction of sp³-hybridized carbons (Fsp3) is 0.600. The van der Waals surface area contributed by atoms with E-state index in [1.807, 2.05) is 19.9 Å². The Morgan fingerprint density at radius 3 is 2.83 bits per heavy atom. The summed E-state index contributed by atoms with van der Waals surface area (Å²) in [5.74, 6) is 0.144. The van der Waals surface area contributed by atoms with Crippen molar-refractivity contribution >= 4 is 11.8 Å². The highest BCUT2D eigenvalue weighted by Crippen LogP contribution is 2.52. The van der Waals surface area contributed by atoms with Gasteiger partial charge in [0.15, 0.2) is 5.78 Å². The Balaban J connectivity index is 2.10. The van der Waals surface area contributed by atoms with Gasteiger partial charge in [0.1, 0.15) is 6.10 Å². The van der Waals surface area contributed by atoms with E-state index in [1.165, 1.54) is 0 Å². The second-order valence-corrected chi connectivity index (χ2v) is 6.00. The number of rotatable bonds is 0. The third kappa shape index (κ3) is 1.36. The maximum atomic E-state index is 11.9.